The third-order valence-corrected chi connectivity index (χ3v) is 10.9. The first kappa shape index (κ1) is 17.3. The molecule has 0 fully saturated rings. The summed E-state index contributed by atoms with van der Waals surface area (Å²) in [6, 6.07) is 13.8. The number of rotatable bonds is 2. The molecular weight excluding hydrogens is 360 g/mol. The predicted molar refractivity (Wildman–Crippen MR) is 113 cm³/mol. The normalized spacial score (nSPS) is 13.0. The molecule has 0 aliphatic heterocycles. The molecule has 0 saturated heterocycles. The summed E-state index contributed by atoms with van der Waals surface area (Å²) in [7, 11) is -1.94. The Morgan fingerprint density at radius 2 is 1.77 bits per heavy atom. The summed E-state index contributed by atoms with van der Waals surface area (Å²) in [5, 5.41) is 2.71. The molecule has 0 unspecified atom stereocenters. The Morgan fingerprint density at radius 3 is 2.50 bits per heavy atom. The van der Waals surface area contributed by atoms with Crippen molar-refractivity contribution >= 4 is 50.8 Å². The standard InChI is InChI=1S/C21H22O3SSi/c1-21(2,3)26(4,5)24-13-10-11-14-16(12-13)23-20(22)18-15-8-6-7-9-17(15)25-19(14)18/h6-12H,1-5H3. The highest BCUT2D eigenvalue weighted by molar-refractivity contribution is 7.26. The van der Waals surface area contributed by atoms with Crippen molar-refractivity contribution in [1.29, 1.82) is 0 Å². The van der Waals surface area contributed by atoms with Gasteiger partial charge in [0.25, 0.3) is 0 Å². The Hall–Kier alpha value is -2.11. The molecule has 26 heavy (non-hydrogen) atoms. The van der Waals surface area contributed by atoms with E-state index in [4.69, 9.17) is 8.84 Å². The monoisotopic (exact) mass is 382 g/mol. The van der Waals surface area contributed by atoms with E-state index in [1.54, 1.807) is 11.3 Å². The van der Waals surface area contributed by atoms with Crippen LogP contribution in [0.15, 0.2) is 51.7 Å². The fourth-order valence-electron chi connectivity index (χ4n) is 2.87. The highest BCUT2D eigenvalue weighted by Crippen LogP contribution is 2.40. The van der Waals surface area contributed by atoms with Gasteiger partial charge < -0.3 is 8.84 Å². The number of thiophene rings is 1. The molecule has 0 N–H and O–H groups in total. The van der Waals surface area contributed by atoms with E-state index < -0.39 is 8.32 Å². The van der Waals surface area contributed by atoms with Crippen LogP contribution in [0.5, 0.6) is 5.75 Å². The van der Waals surface area contributed by atoms with Gasteiger partial charge >= 0.3 is 5.63 Å². The van der Waals surface area contributed by atoms with Crippen LogP contribution in [0.1, 0.15) is 20.8 Å². The molecule has 4 aromatic rings. The fourth-order valence-corrected chi connectivity index (χ4v) is 5.12. The van der Waals surface area contributed by atoms with Gasteiger partial charge in [0.1, 0.15) is 11.3 Å². The van der Waals surface area contributed by atoms with Crippen molar-refractivity contribution in [2.45, 2.75) is 38.9 Å². The van der Waals surface area contributed by atoms with Crippen LogP contribution < -0.4 is 10.1 Å². The topological polar surface area (TPSA) is 39.4 Å². The first-order chi connectivity index (χ1) is 12.2. The molecule has 5 heteroatoms. The van der Waals surface area contributed by atoms with Crippen LogP contribution in [-0.4, -0.2) is 8.32 Å². The second-order valence-corrected chi connectivity index (χ2v) is 14.0. The number of hydrogen-bond donors (Lipinski definition) is 0. The number of benzene rings is 2. The van der Waals surface area contributed by atoms with Crippen LogP contribution in [-0.2, 0) is 0 Å². The molecule has 134 valence electrons. The molecule has 4 rings (SSSR count). The molecule has 2 aromatic heterocycles. The zero-order valence-electron chi connectivity index (χ0n) is 15.7. The maximum absolute atomic E-state index is 12.6. The zero-order valence-corrected chi connectivity index (χ0v) is 17.5. The third-order valence-electron chi connectivity index (χ3n) is 5.38. The predicted octanol–water partition coefficient (Wildman–Crippen LogP) is 6.54. The smallest absolute Gasteiger partial charge is 0.345 e. The number of fused-ring (bicyclic) bond motifs is 5. The first-order valence-electron chi connectivity index (χ1n) is 8.74. The van der Waals surface area contributed by atoms with Crippen molar-refractivity contribution in [3.05, 3.63) is 52.9 Å². The van der Waals surface area contributed by atoms with E-state index in [0.29, 0.717) is 11.0 Å². The van der Waals surface area contributed by atoms with E-state index in [9.17, 15) is 4.79 Å². The van der Waals surface area contributed by atoms with E-state index in [1.807, 2.05) is 42.5 Å². The summed E-state index contributed by atoms with van der Waals surface area (Å²) >= 11 is 1.64. The fraction of sp³-hybridized carbons (Fsp3) is 0.286. The molecule has 0 saturated carbocycles. The van der Waals surface area contributed by atoms with Crippen LogP contribution in [0.25, 0.3) is 31.1 Å². The third kappa shape index (κ3) is 2.66. The van der Waals surface area contributed by atoms with Crippen LogP contribution in [0.4, 0.5) is 0 Å². The summed E-state index contributed by atoms with van der Waals surface area (Å²) in [5.74, 6) is 0.771. The van der Waals surface area contributed by atoms with Gasteiger partial charge in [-0.1, -0.05) is 39.0 Å². The van der Waals surface area contributed by atoms with Crippen molar-refractivity contribution < 1.29 is 8.84 Å². The second-order valence-electron chi connectivity index (χ2n) is 8.21. The molecule has 0 aliphatic rings. The summed E-state index contributed by atoms with van der Waals surface area (Å²) < 4.78 is 14.1. The summed E-state index contributed by atoms with van der Waals surface area (Å²) in [5.41, 5.74) is 0.305. The lowest BCUT2D eigenvalue weighted by Crippen LogP contribution is -2.43. The van der Waals surface area contributed by atoms with Gasteiger partial charge in [-0.2, -0.15) is 0 Å². The molecular formula is C21H22O3SSi. The minimum Gasteiger partial charge on any atom is -0.543 e. The Kier molecular flexibility index (Phi) is 3.79. The molecule has 0 amide bonds. The number of hydrogen-bond acceptors (Lipinski definition) is 4. The van der Waals surface area contributed by atoms with Crippen molar-refractivity contribution in [2.24, 2.45) is 0 Å². The van der Waals surface area contributed by atoms with E-state index in [0.717, 1.165) is 25.9 Å². The maximum atomic E-state index is 12.6. The maximum Gasteiger partial charge on any atom is 0.345 e. The van der Waals surface area contributed by atoms with Crippen LogP contribution in [0.2, 0.25) is 18.1 Å². The molecule has 3 nitrogen and oxygen atoms in total. The minimum absolute atomic E-state index is 0.109. The molecule has 2 aromatic carbocycles. The largest absolute Gasteiger partial charge is 0.543 e. The highest BCUT2D eigenvalue weighted by atomic mass is 32.1. The Morgan fingerprint density at radius 1 is 1.04 bits per heavy atom. The lowest BCUT2D eigenvalue weighted by atomic mass is 10.1. The first-order valence-corrected chi connectivity index (χ1v) is 12.5. The average molecular weight is 383 g/mol. The molecule has 0 atom stereocenters. The van der Waals surface area contributed by atoms with Crippen molar-refractivity contribution in [2.75, 3.05) is 0 Å². The van der Waals surface area contributed by atoms with E-state index in [-0.39, 0.29) is 10.7 Å². The van der Waals surface area contributed by atoms with Gasteiger partial charge in [0.05, 0.1) is 10.1 Å². The average Bonchev–Trinajstić information content (AvgIpc) is 2.93. The zero-order chi connectivity index (χ0) is 18.7. The summed E-state index contributed by atoms with van der Waals surface area (Å²) in [6.45, 7) is 11.1. The van der Waals surface area contributed by atoms with Crippen molar-refractivity contribution in [1.82, 2.24) is 0 Å². The molecule has 0 spiro atoms. The van der Waals surface area contributed by atoms with Gasteiger partial charge in [0.2, 0.25) is 8.32 Å². The van der Waals surface area contributed by atoms with E-state index in [2.05, 4.69) is 33.9 Å². The van der Waals surface area contributed by atoms with Gasteiger partial charge in [-0.3, -0.25) is 0 Å². The van der Waals surface area contributed by atoms with Gasteiger partial charge in [0.15, 0.2) is 0 Å². The lowest BCUT2D eigenvalue weighted by molar-refractivity contribution is 0.490. The molecule has 2 heterocycles. The minimum atomic E-state index is -1.94. The molecule has 0 bridgehead atoms. The van der Waals surface area contributed by atoms with Crippen molar-refractivity contribution in [3.63, 3.8) is 0 Å². The van der Waals surface area contributed by atoms with E-state index >= 15 is 0 Å². The highest BCUT2D eigenvalue weighted by Gasteiger charge is 2.39. The van der Waals surface area contributed by atoms with Crippen molar-refractivity contribution in [3.8, 4) is 5.75 Å². The second kappa shape index (κ2) is 5.69. The van der Waals surface area contributed by atoms with Gasteiger partial charge in [0, 0.05) is 21.5 Å². The Labute approximate surface area is 157 Å². The molecule has 0 radical (unpaired) electrons. The lowest BCUT2D eigenvalue weighted by Gasteiger charge is -2.36. The van der Waals surface area contributed by atoms with Gasteiger partial charge in [-0.15, -0.1) is 11.3 Å². The van der Waals surface area contributed by atoms with Gasteiger partial charge in [-0.25, -0.2) is 4.79 Å². The Bertz CT molecular complexity index is 1200. The van der Waals surface area contributed by atoms with Crippen LogP contribution >= 0.6 is 11.3 Å². The summed E-state index contributed by atoms with van der Waals surface area (Å²) in [6.07, 6.45) is 0. The summed E-state index contributed by atoms with van der Waals surface area (Å²) in [4.78, 5) is 12.6. The molecule has 0 aliphatic carbocycles. The Balaban J connectivity index is 1.92. The van der Waals surface area contributed by atoms with Crippen LogP contribution in [0, 0.1) is 0 Å². The van der Waals surface area contributed by atoms with E-state index in [1.165, 1.54) is 0 Å². The van der Waals surface area contributed by atoms with Gasteiger partial charge in [-0.05, 0) is 36.3 Å². The van der Waals surface area contributed by atoms with Crippen LogP contribution in [0.3, 0.4) is 0 Å². The quantitative estimate of drug-likeness (QED) is 0.292. The SMILES string of the molecule is CC(C)(C)[Si](C)(C)Oc1ccc2c(c1)oc(=O)c1c3ccccc3sc21.